The lowest BCUT2D eigenvalue weighted by Crippen LogP contribution is -1.95. The maximum atomic E-state index is 10.8. The van der Waals surface area contributed by atoms with E-state index in [0.717, 1.165) is 5.39 Å². The molecule has 4 nitrogen and oxygen atoms in total. The number of fused-ring (bicyclic) bond motifs is 1. The number of benzene rings is 1. The average molecular weight is 186 g/mol. The molecule has 0 amide bonds. The van der Waals surface area contributed by atoms with Gasteiger partial charge in [-0.3, -0.25) is 4.57 Å². The molecule has 1 N–H and O–H groups in total. The summed E-state index contributed by atoms with van der Waals surface area (Å²) in [5.41, 5.74) is 0.219. The topological polar surface area (TPSA) is 66.0 Å². The molecule has 0 aliphatic rings. The van der Waals surface area contributed by atoms with Crippen LogP contribution in [-0.2, 0) is 0 Å². The van der Waals surface area contributed by atoms with Crippen LogP contribution >= 0.6 is 0 Å². The lowest BCUT2D eigenvalue weighted by Gasteiger charge is -1.94. The first-order valence-corrected chi connectivity index (χ1v) is 3.96. The van der Waals surface area contributed by atoms with Gasteiger partial charge in [0, 0.05) is 23.2 Å². The molecular weight excluding hydrogens is 180 g/mol. The molecule has 0 atom stereocenters. The minimum absolute atomic E-state index is 0.219. The highest BCUT2D eigenvalue weighted by atomic mass is 16.4. The third kappa shape index (κ3) is 1.12. The van der Waals surface area contributed by atoms with E-state index in [1.165, 1.54) is 16.8 Å². The van der Waals surface area contributed by atoms with Crippen molar-refractivity contribution in [2.75, 3.05) is 0 Å². The van der Waals surface area contributed by atoms with Crippen LogP contribution in [-0.4, -0.2) is 15.6 Å². The fraction of sp³-hybridized carbons (Fsp3) is 0. The summed E-state index contributed by atoms with van der Waals surface area (Å²) in [5.74, 6) is -0.980. The van der Waals surface area contributed by atoms with Crippen molar-refractivity contribution in [3.63, 3.8) is 0 Å². The molecule has 0 unspecified atom stereocenters. The Bertz CT molecular complexity index is 549. The fourth-order valence-corrected chi connectivity index (χ4v) is 1.41. The van der Waals surface area contributed by atoms with Gasteiger partial charge in [-0.25, -0.2) is 4.79 Å². The van der Waals surface area contributed by atoms with Crippen molar-refractivity contribution in [3.8, 4) is 6.19 Å². The van der Waals surface area contributed by atoms with Crippen LogP contribution in [0.2, 0.25) is 0 Å². The number of nitriles is 1. The number of carbonyl (C=O) groups is 1. The summed E-state index contributed by atoms with van der Waals surface area (Å²) in [4.78, 5) is 10.8. The van der Waals surface area contributed by atoms with Gasteiger partial charge < -0.3 is 5.11 Å². The number of aromatic nitrogens is 1. The Morgan fingerprint density at radius 2 is 2.21 bits per heavy atom. The molecule has 68 valence electrons. The Morgan fingerprint density at radius 1 is 1.43 bits per heavy atom. The standard InChI is InChI=1S/C10H6N2O2/c11-6-12-4-7-2-1-3-8(10(13)14)9(7)5-12/h1-5H,(H,13,14). The first kappa shape index (κ1) is 8.32. The molecule has 0 aliphatic carbocycles. The van der Waals surface area contributed by atoms with E-state index in [-0.39, 0.29) is 5.56 Å². The zero-order valence-corrected chi connectivity index (χ0v) is 7.14. The fourth-order valence-electron chi connectivity index (χ4n) is 1.41. The van der Waals surface area contributed by atoms with Gasteiger partial charge in [-0.05, 0) is 6.07 Å². The Morgan fingerprint density at radius 3 is 2.86 bits per heavy atom. The van der Waals surface area contributed by atoms with Crippen LogP contribution in [0.15, 0.2) is 30.6 Å². The average Bonchev–Trinajstić information content (AvgIpc) is 2.59. The van der Waals surface area contributed by atoms with E-state index in [2.05, 4.69) is 0 Å². The molecular formula is C10H6N2O2. The molecule has 1 heterocycles. The molecule has 0 spiro atoms. The van der Waals surface area contributed by atoms with Crippen LogP contribution in [0.5, 0.6) is 0 Å². The summed E-state index contributed by atoms with van der Waals surface area (Å²) in [6.45, 7) is 0. The van der Waals surface area contributed by atoms with Crippen molar-refractivity contribution in [2.45, 2.75) is 0 Å². The normalized spacial score (nSPS) is 9.93. The molecule has 0 aliphatic heterocycles. The first-order valence-electron chi connectivity index (χ1n) is 3.96. The Hall–Kier alpha value is -2.28. The summed E-state index contributed by atoms with van der Waals surface area (Å²) in [6.07, 6.45) is 5.02. The van der Waals surface area contributed by atoms with E-state index in [1.54, 1.807) is 18.3 Å². The summed E-state index contributed by atoms with van der Waals surface area (Å²) >= 11 is 0. The number of rotatable bonds is 1. The van der Waals surface area contributed by atoms with Gasteiger partial charge in [-0.1, -0.05) is 12.1 Å². The van der Waals surface area contributed by atoms with E-state index in [4.69, 9.17) is 10.4 Å². The number of aromatic carboxylic acids is 1. The zero-order valence-electron chi connectivity index (χ0n) is 7.14. The van der Waals surface area contributed by atoms with Gasteiger partial charge in [0.2, 0.25) is 0 Å². The van der Waals surface area contributed by atoms with E-state index in [0.29, 0.717) is 5.39 Å². The second kappa shape index (κ2) is 2.89. The minimum Gasteiger partial charge on any atom is -0.478 e. The highest BCUT2D eigenvalue weighted by Gasteiger charge is 2.09. The number of hydrogen-bond acceptors (Lipinski definition) is 2. The molecule has 0 bridgehead atoms. The molecule has 0 saturated heterocycles. The molecule has 14 heavy (non-hydrogen) atoms. The maximum absolute atomic E-state index is 10.8. The van der Waals surface area contributed by atoms with Gasteiger partial charge in [-0.15, -0.1) is 0 Å². The van der Waals surface area contributed by atoms with Crippen LogP contribution in [0.25, 0.3) is 10.8 Å². The van der Waals surface area contributed by atoms with E-state index in [1.807, 2.05) is 6.19 Å². The smallest absolute Gasteiger partial charge is 0.336 e. The van der Waals surface area contributed by atoms with Crippen molar-refractivity contribution >= 4 is 16.7 Å². The molecule has 0 fully saturated rings. The maximum Gasteiger partial charge on any atom is 0.336 e. The third-order valence-electron chi connectivity index (χ3n) is 2.03. The summed E-state index contributed by atoms with van der Waals surface area (Å²) in [5, 5.41) is 18.8. The van der Waals surface area contributed by atoms with Gasteiger partial charge in [0.1, 0.15) is 0 Å². The van der Waals surface area contributed by atoms with E-state index >= 15 is 0 Å². The van der Waals surface area contributed by atoms with E-state index in [9.17, 15) is 4.79 Å². The largest absolute Gasteiger partial charge is 0.478 e. The van der Waals surface area contributed by atoms with Crippen molar-refractivity contribution in [1.82, 2.24) is 4.57 Å². The molecule has 1 aromatic carbocycles. The highest BCUT2D eigenvalue weighted by Crippen LogP contribution is 2.19. The quantitative estimate of drug-likeness (QED) is 0.736. The molecule has 4 heteroatoms. The number of nitrogens with zero attached hydrogens (tertiary/aromatic N) is 2. The summed E-state index contributed by atoms with van der Waals surface area (Å²) in [6, 6.07) is 4.95. The Balaban J connectivity index is 2.81. The van der Waals surface area contributed by atoms with Gasteiger partial charge in [0.25, 0.3) is 0 Å². The van der Waals surface area contributed by atoms with Gasteiger partial charge in [0.05, 0.1) is 5.56 Å². The molecule has 2 rings (SSSR count). The Kier molecular flexibility index (Phi) is 1.72. The van der Waals surface area contributed by atoms with Gasteiger partial charge >= 0.3 is 5.97 Å². The number of carboxylic acids is 1. The highest BCUT2D eigenvalue weighted by molar-refractivity contribution is 6.03. The predicted octanol–water partition coefficient (Wildman–Crippen LogP) is 1.67. The third-order valence-corrected chi connectivity index (χ3v) is 2.03. The monoisotopic (exact) mass is 186 g/mol. The van der Waals surface area contributed by atoms with Crippen molar-refractivity contribution in [3.05, 3.63) is 36.2 Å². The number of carboxylic acid groups (broad SMARTS) is 1. The zero-order chi connectivity index (χ0) is 10.1. The number of hydrogen-bond donors (Lipinski definition) is 1. The summed E-state index contributed by atoms with van der Waals surface area (Å²) in [7, 11) is 0. The van der Waals surface area contributed by atoms with Crippen LogP contribution in [0.3, 0.4) is 0 Å². The van der Waals surface area contributed by atoms with E-state index < -0.39 is 5.97 Å². The van der Waals surface area contributed by atoms with Gasteiger partial charge in [-0.2, -0.15) is 5.26 Å². The second-order valence-corrected chi connectivity index (χ2v) is 2.88. The van der Waals surface area contributed by atoms with Crippen LogP contribution < -0.4 is 0 Å². The first-order chi connectivity index (χ1) is 6.72. The van der Waals surface area contributed by atoms with Crippen LogP contribution in [0.1, 0.15) is 10.4 Å². The lowest BCUT2D eigenvalue weighted by atomic mass is 10.1. The molecule has 1 aromatic heterocycles. The Labute approximate surface area is 79.6 Å². The van der Waals surface area contributed by atoms with Crippen molar-refractivity contribution in [1.29, 1.82) is 5.26 Å². The SMILES string of the molecule is N#Cn1cc2cccc(C(=O)O)c2c1. The van der Waals surface area contributed by atoms with Crippen molar-refractivity contribution in [2.24, 2.45) is 0 Å². The predicted molar refractivity (Wildman–Crippen MR) is 49.9 cm³/mol. The minimum atomic E-state index is -0.980. The van der Waals surface area contributed by atoms with Gasteiger partial charge in [0.15, 0.2) is 6.19 Å². The molecule has 0 saturated carbocycles. The van der Waals surface area contributed by atoms with Crippen LogP contribution in [0.4, 0.5) is 0 Å². The summed E-state index contributed by atoms with van der Waals surface area (Å²) < 4.78 is 1.29. The van der Waals surface area contributed by atoms with Crippen molar-refractivity contribution < 1.29 is 9.90 Å². The second-order valence-electron chi connectivity index (χ2n) is 2.88. The van der Waals surface area contributed by atoms with Crippen LogP contribution in [0, 0.1) is 11.5 Å². The molecule has 0 radical (unpaired) electrons. The molecule has 2 aromatic rings. The lowest BCUT2D eigenvalue weighted by molar-refractivity contribution is 0.0699.